The fourth-order valence-electron chi connectivity index (χ4n) is 2.33. The van der Waals surface area contributed by atoms with Crippen molar-refractivity contribution in [2.24, 2.45) is 0 Å². The van der Waals surface area contributed by atoms with Crippen LogP contribution in [0.4, 0.5) is 0 Å². The van der Waals surface area contributed by atoms with E-state index >= 15 is 0 Å². The van der Waals surface area contributed by atoms with Gasteiger partial charge in [0.2, 0.25) is 0 Å². The molecular weight excluding hydrogens is 262 g/mol. The highest BCUT2D eigenvalue weighted by Crippen LogP contribution is 2.12. The number of aromatic nitrogens is 2. The van der Waals surface area contributed by atoms with Crippen LogP contribution in [0, 0.1) is 0 Å². The van der Waals surface area contributed by atoms with E-state index in [9.17, 15) is 4.79 Å². The average molecular weight is 279 g/mol. The van der Waals surface area contributed by atoms with E-state index in [1.807, 2.05) is 53.3 Å². The maximum atomic E-state index is 11.9. The van der Waals surface area contributed by atoms with Crippen molar-refractivity contribution < 1.29 is 4.79 Å². The third-order valence-electron chi connectivity index (χ3n) is 3.42. The van der Waals surface area contributed by atoms with Crippen LogP contribution in [0.2, 0.25) is 0 Å². The second kappa shape index (κ2) is 6.22. The Balaban J connectivity index is 1.52. The van der Waals surface area contributed by atoms with Crippen LogP contribution in [-0.4, -0.2) is 22.2 Å². The first kappa shape index (κ1) is 13.4. The van der Waals surface area contributed by atoms with Gasteiger partial charge in [0.25, 0.3) is 5.91 Å². The zero-order chi connectivity index (χ0) is 14.5. The Bertz CT molecular complexity index is 734. The molecule has 0 unspecified atom stereocenters. The Morgan fingerprint density at radius 3 is 2.67 bits per heavy atom. The topological polar surface area (TPSA) is 46.9 Å². The van der Waals surface area contributed by atoms with Gasteiger partial charge in [-0.2, -0.15) is 5.10 Å². The lowest BCUT2D eigenvalue weighted by molar-refractivity contribution is 0.0952. The van der Waals surface area contributed by atoms with Crippen molar-refractivity contribution in [2.75, 3.05) is 6.54 Å². The highest BCUT2D eigenvalue weighted by atomic mass is 16.1. The first-order chi connectivity index (χ1) is 10.3. The number of hydrogen-bond acceptors (Lipinski definition) is 2. The lowest BCUT2D eigenvalue weighted by Crippen LogP contribution is -2.25. The molecule has 0 bridgehead atoms. The summed E-state index contributed by atoms with van der Waals surface area (Å²) in [5, 5.41) is 8.45. The van der Waals surface area contributed by atoms with E-state index in [4.69, 9.17) is 0 Å². The number of para-hydroxylation sites is 1. The molecule has 0 aliphatic heterocycles. The number of carbonyl (C=O) groups is 1. The minimum Gasteiger partial charge on any atom is -0.352 e. The molecule has 3 aromatic rings. The Labute approximate surface area is 123 Å². The smallest absolute Gasteiger partial charge is 0.251 e. The standard InChI is InChI=1S/C17H17N3O/c21-17(14-7-2-1-3-8-14)18-11-6-12-20-16-10-5-4-9-15(16)13-19-20/h1-5,7-10,13H,6,11-12H2,(H,18,21). The molecule has 1 N–H and O–H groups in total. The van der Waals surface area contributed by atoms with Crippen LogP contribution in [0.15, 0.2) is 60.8 Å². The van der Waals surface area contributed by atoms with Crippen LogP contribution >= 0.6 is 0 Å². The summed E-state index contributed by atoms with van der Waals surface area (Å²) in [4.78, 5) is 11.9. The van der Waals surface area contributed by atoms with E-state index in [1.165, 1.54) is 0 Å². The Kier molecular flexibility index (Phi) is 3.96. The van der Waals surface area contributed by atoms with E-state index < -0.39 is 0 Å². The van der Waals surface area contributed by atoms with Crippen molar-refractivity contribution in [1.29, 1.82) is 0 Å². The first-order valence-corrected chi connectivity index (χ1v) is 7.08. The molecule has 0 radical (unpaired) electrons. The number of benzene rings is 2. The van der Waals surface area contributed by atoms with Crippen molar-refractivity contribution >= 4 is 16.8 Å². The van der Waals surface area contributed by atoms with Gasteiger partial charge in [-0.05, 0) is 24.6 Å². The molecule has 4 heteroatoms. The van der Waals surface area contributed by atoms with Gasteiger partial charge in [0.1, 0.15) is 0 Å². The number of amides is 1. The molecule has 1 heterocycles. The molecule has 0 atom stereocenters. The first-order valence-electron chi connectivity index (χ1n) is 7.08. The molecule has 0 saturated carbocycles. The number of carbonyl (C=O) groups excluding carboxylic acids is 1. The van der Waals surface area contributed by atoms with Gasteiger partial charge in [0.05, 0.1) is 11.7 Å². The zero-order valence-corrected chi connectivity index (χ0v) is 11.7. The lowest BCUT2D eigenvalue weighted by atomic mass is 10.2. The largest absolute Gasteiger partial charge is 0.352 e. The third kappa shape index (κ3) is 3.11. The van der Waals surface area contributed by atoms with Crippen molar-refractivity contribution in [2.45, 2.75) is 13.0 Å². The van der Waals surface area contributed by atoms with Gasteiger partial charge in [-0.15, -0.1) is 0 Å². The van der Waals surface area contributed by atoms with Crippen molar-refractivity contribution in [3.63, 3.8) is 0 Å². The monoisotopic (exact) mass is 279 g/mol. The molecule has 0 saturated heterocycles. The zero-order valence-electron chi connectivity index (χ0n) is 11.7. The van der Waals surface area contributed by atoms with Gasteiger partial charge in [-0.1, -0.05) is 36.4 Å². The number of fused-ring (bicyclic) bond motifs is 1. The second-order valence-electron chi connectivity index (χ2n) is 4.90. The minimum atomic E-state index is -0.0269. The highest BCUT2D eigenvalue weighted by Gasteiger charge is 2.04. The number of aryl methyl sites for hydroxylation is 1. The molecule has 0 fully saturated rings. The summed E-state index contributed by atoms with van der Waals surface area (Å²) < 4.78 is 1.98. The van der Waals surface area contributed by atoms with Gasteiger partial charge in [0.15, 0.2) is 0 Å². The molecule has 0 aliphatic carbocycles. The van der Waals surface area contributed by atoms with E-state index in [-0.39, 0.29) is 5.91 Å². The van der Waals surface area contributed by atoms with Crippen molar-refractivity contribution in [3.05, 3.63) is 66.4 Å². The fourth-order valence-corrected chi connectivity index (χ4v) is 2.33. The Morgan fingerprint density at radius 2 is 1.81 bits per heavy atom. The molecule has 0 aliphatic rings. The van der Waals surface area contributed by atoms with E-state index in [0.717, 1.165) is 23.9 Å². The SMILES string of the molecule is O=C(NCCCn1ncc2ccccc21)c1ccccc1. The quantitative estimate of drug-likeness (QED) is 0.730. The lowest BCUT2D eigenvalue weighted by Gasteiger charge is -2.06. The van der Waals surface area contributed by atoms with Gasteiger partial charge >= 0.3 is 0 Å². The third-order valence-corrected chi connectivity index (χ3v) is 3.42. The fraction of sp³-hybridized carbons (Fsp3) is 0.176. The van der Waals surface area contributed by atoms with Crippen LogP contribution in [0.1, 0.15) is 16.8 Å². The molecule has 21 heavy (non-hydrogen) atoms. The van der Waals surface area contributed by atoms with Crippen LogP contribution in [0.25, 0.3) is 10.9 Å². The summed E-state index contributed by atoms with van der Waals surface area (Å²) in [6.45, 7) is 1.44. The van der Waals surface area contributed by atoms with Gasteiger partial charge < -0.3 is 5.32 Å². The average Bonchev–Trinajstić information content (AvgIpc) is 2.95. The number of hydrogen-bond donors (Lipinski definition) is 1. The van der Waals surface area contributed by atoms with E-state index in [0.29, 0.717) is 12.1 Å². The summed E-state index contributed by atoms with van der Waals surface area (Å²) in [6.07, 6.45) is 2.72. The highest BCUT2D eigenvalue weighted by molar-refractivity contribution is 5.94. The van der Waals surface area contributed by atoms with Crippen molar-refractivity contribution in [1.82, 2.24) is 15.1 Å². The van der Waals surface area contributed by atoms with E-state index in [1.54, 1.807) is 0 Å². The number of rotatable bonds is 5. The molecule has 1 aromatic heterocycles. The summed E-state index contributed by atoms with van der Waals surface area (Å²) >= 11 is 0. The molecule has 2 aromatic carbocycles. The predicted molar refractivity (Wildman–Crippen MR) is 83.1 cm³/mol. The van der Waals surface area contributed by atoms with Gasteiger partial charge in [0, 0.05) is 24.0 Å². The van der Waals surface area contributed by atoms with Gasteiger partial charge in [-0.3, -0.25) is 9.48 Å². The van der Waals surface area contributed by atoms with E-state index in [2.05, 4.69) is 22.5 Å². The van der Waals surface area contributed by atoms with Crippen LogP contribution < -0.4 is 5.32 Å². The Morgan fingerprint density at radius 1 is 1.05 bits per heavy atom. The normalized spacial score (nSPS) is 10.7. The summed E-state index contributed by atoms with van der Waals surface area (Å²) in [5.41, 5.74) is 1.83. The maximum absolute atomic E-state index is 11.9. The summed E-state index contributed by atoms with van der Waals surface area (Å²) in [6, 6.07) is 17.4. The van der Waals surface area contributed by atoms with Crippen LogP contribution in [0.3, 0.4) is 0 Å². The van der Waals surface area contributed by atoms with Gasteiger partial charge in [-0.25, -0.2) is 0 Å². The van der Waals surface area contributed by atoms with Crippen LogP contribution in [0.5, 0.6) is 0 Å². The molecule has 3 rings (SSSR count). The number of nitrogens with zero attached hydrogens (tertiary/aromatic N) is 2. The molecule has 106 valence electrons. The molecule has 1 amide bonds. The maximum Gasteiger partial charge on any atom is 0.251 e. The summed E-state index contributed by atoms with van der Waals surface area (Å²) in [5.74, 6) is -0.0269. The van der Waals surface area contributed by atoms with Crippen LogP contribution in [-0.2, 0) is 6.54 Å². The minimum absolute atomic E-state index is 0.0269. The molecular formula is C17H17N3O. The molecule has 4 nitrogen and oxygen atoms in total. The second-order valence-corrected chi connectivity index (χ2v) is 4.90. The van der Waals surface area contributed by atoms with Crippen molar-refractivity contribution in [3.8, 4) is 0 Å². The summed E-state index contributed by atoms with van der Waals surface area (Å²) in [7, 11) is 0. The molecule has 0 spiro atoms. The Hall–Kier alpha value is -2.62. The number of nitrogens with one attached hydrogen (secondary N) is 1. The predicted octanol–water partition coefficient (Wildman–Crippen LogP) is 2.86.